The van der Waals surface area contributed by atoms with E-state index in [1.54, 1.807) is 6.92 Å². The van der Waals surface area contributed by atoms with Crippen LogP contribution in [0.4, 0.5) is 18.0 Å². The Labute approximate surface area is 138 Å². The number of hydrogen-bond donors (Lipinski definition) is 1. The molecule has 0 aromatic carbocycles. The topological polar surface area (TPSA) is 86.3 Å². The Morgan fingerprint density at radius 3 is 2.71 bits per heavy atom. The number of nitrogens with zero attached hydrogens (tertiary/aromatic N) is 2. The van der Waals surface area contributed by atoms with Crippen LogP contribution in [0.5, 0.6) is 17.6 Å². The van der Waals surface area contributed by atoms with E-state index in [0.29, 0.717) is 0 Å². The molecule has 2 heterocycles. The lowest BCUT2D eigenvalue weighted by Gasteiger charge is -2.11. The van der Waals surface area contributed by atoms with Crippen molar-refractivity contribution in [1.29, 1.82) is 0 Å². The number of aromatic nitrogens is 3. The smallest absolute Gasteiger partial charge is 0.434 e. The molecule has 130 valence electrons. The van der Waals surface area contributed by atoms with Gasteiger partial charge in [-0.3, -0.25) is 0 Å². The van der Waals surface area contributed by atoms with Crippen molar-refractivity contribution in [2.45, 2.75) is 20.0 Å². The SMILES string of the molecule is CCOC(=O)Oc1n[nH]c(Oc2nccc(C(F)(F)F)c2Cl)c1C. The Kier molecular flexibility index (Phi) is 5.17. The van der Waals surface area contributed by atoms with Gasteiger partial charge in [-0.2, -0.15) is 13.2 Å². The largest absolute Gasteiger partial charge is 0.515 e. The molecule has 11 heteroatoms. The fourth-order valence-electron chi connectivity index (χ4n) is 1.60. The molecule has 7 nitrogen and oxygen atoms in total. The first-order valence-electron chi connectivity index (χ1n) is 6.53. The van der Waals surface area contributed by atoms with Crippen LogP contribution >= 0.6 is 11.6 Å². The average molecular weight is 366 g/mol. The molecule has 1 N–H and O–H groups in total. The second-order valence-electron chi connectivity index (χ2n) is 4.35. The summed E-state index contributed by atoms with van der Waals surface area (Å²) in [4.78, 5) is 14.9. The van der Waals surface area contributed by atoms with Gasteiger partial charge in [-0.15, -0.1) is 5.10 Å². The molecule has 2 aromatic heterocycles. The van der Waals surface area contributed by atoms with Crippen molar-refractivity contribution in [2.75, 3.05) is 6.61 Å². The molecule has 0 saturated carbocycles. The Morgan fingerprint density at radius 2 is 2.08 bits per heavy atom. The Morgan fingerprint density at radius 1 is 1.38 bits per heavy atom. The highest BCUT2D eigenvalue weighted by Crippen LogP contribution is 2.39. The van der Waals surface area contributed by atoms with Crippen LogP contribution in [-0.4, -0.2) is 27.9 Å². The molecule has 0 radical (unpaired) electrons. The van der Waals surface area contributed by atoms with E-state index in [2.05, 4.69) is 19.9 Å². The second kappa shape index (κ2) is 6.95. The standard InChI is InChI=1S/C13H11ClF3N3O4/c1-3-22-12(21)24-10-6(2)9(19-20-10)23-11-8(14)7(4-5-18-11)13(15,16)17/h4-5H,3H2,1-2H3,(H,19,20). The van der Waals surface area contributed by atoms with Crippen molar-refractivity contribution in [3.63, 3.8) is 0 Å². The van der Waals surface area contributed by atoms with Gasteiger partial charge >= 0.3 is 12.3 Å². The van der Waals surface area contributed by atoms with Crippen molar-refractivity contribution in [1.82, 2.24) is 15.2 Å². The highest BCUT2D eigenvalue weighted by molar-refractivity contribution is 6.32. The van der Waals surface area contributed by atoms with Crippen LogP contribution in [0.3, 0.4) is 0 Å². The molecule has 0 bridgehead atoms. The van der Waals surface area contributed by atoms with Crippen LogP contribution in [0, 0.1) is 6.92 Å². The molecule has 0 aliphatic carbocycles. The van der Waals surface area contributed by atoms with Crippen molar-refractivity contribution in [3.8, 4) is 17.6 Å². The summed E-state index contributed by atoms with van der Waals surface area (Å²) < 4.78 is 53.0. The number of H-pyrrole nitrogens is 1. The van der Waals surface area contributed by atoms with Crippen molar-refractivity contribution >= 4 is 17.8 Å². The minimum atomic E-state index is -4.65. The van der Waals surface area contributed by atoms with E-state index < -0.39 is 28.8 Å². The molecule has 2 aromatic rings. The van der Waals surface area contributed by atoms with Crippen LogP contribution in [-0.2, 0) is 10.9 Å². The van der Waals surface area contributed by atoms with Gasteiger partial charge in [0.1, 0.15) is 5.02 Å². The number of aromatic amines is 1. The van der Waals surface area contributed by atoms with Crippen LogP contribution in [0.25, 0.3) is 0 Å². The fourth-order valence-corrected chi connectivity index (χ4v) is 1.86. The maximum atomic E-state index is 12.8. The van der Waals surface area contributed by atoms with Gasteiger partial charge in [0.15, 0.2) is 0 Å². The number of pyridine rings is 1. The maximum Gasteiger partial charge on any atom is 0.515 e. The minimum absolute atomic E-state index is 0.0805. The highest BCUT2D eigenvalue weighted by atomic mass is 35.5. The zero-order valence-electron chi connectivity index (χ0n) is 12.4. The third-order valence-corrected chi connectivity index (χ3v) is 3.09. The third kappa shape index (κ3) is 3.88. The molecule has 0 saturated heterocycles. The predicted octanol–water partition coefficient (Wildman–Crippen LogP) is 4.11. The van der Waals surface area contributed by atoms with E-state index in [9.17, 15) is 18.0 Å². The molecular formula is C13H11ClF3N3O4. The number of hydrogen-bond acceptors (Lipinski definition) is 6. The van der Waals surface area contributed by atoms with Gasteiger partial charge in [0, 0.05) is 6.20 Å². The number of nitrogens with one attached hydrogen (secondary N) is 1. The quantitative estimate of drug-likeness (QED) is 0.820. The molecule has 0 atom stereocenters. The number of halogens is 4. The van der Waals surface area contributed by atoms with E-state index in [-0.39, 0.29) is 23.9 Å². The van der Waals surface area contributed by atoms with Crippen molar-refractivity contribution in [3.05, 3.63) is 28.4 Å². The second-order valence-corrected chi connectivity index (χ2v) is 4.72. The average Bonchev–Trinajstić information content (AvgIpc) is 2.81. The monoisotopic (exact) mass is 365 g/mol. The summed E-state index contributed by atoms with van der Waals surface area (Å²) in [5.41, 5.74) is -0.868. The first-order valence-corrected chi connectivity index (χ1v) is 6.91. The van der Waals surface area contributed by atoms with Crippen LogP contribution in [0.2, 0.25) is 5.02 Å². The Hall–Kier alpha value is -2.49. The summed E-state index contributed by atoms with van der Waals surface area (Å²) >= 11 is 5.68. The molecular weight excluding hydrogens is 355 g/mol. The van der Waals surface area contributed by atoms with Gasteiger partial charge in [0.2, 0.25) is 11.8 Å². The van der Waals surface area contributed by atoms with Gasteiger partial charge in [-0.1, -0.05) is 11.6 Å². The number of rotatable bonds is 4. The lowest BCUT2D eigenvalue weighted by atomic mass is 10.2. The number of alkyl halides is 3. The van der Waals surface area contributed by atoms with Gasteiger partial charge in [0.25, 0.3) is 5.88 Å². The predicted molar refractivity (Wildman–Crippen MR) is 75.3 cm³/mol. The van der Waals surface area contributed by atoms with Crippen LogP contribution < -0.4 is 9.47 Å². The Balaban J connectivity index is 2.24. The van der Waals surface area contributed by atoms with Gasteiger partial charge in [-0.25, -0.2) is 14.9 Å². The summed E-state index contributed by atoms with van der Waals surface area (Å²) in [5, 5.41) is 5.34. The summed E-state index contributed by atoms with van der Waals surface area (Å²) in [6, 6.07) is 0.726. The molecule has 0 aliphatic rings. The van der Waals surface area contributed by atoms with Gasteiger partial charge in [-0.05, 0) is 19.9 Å². The van der Waals surface area contributed by atoms with E-state index in [0.717, 1.165) is 12.3 Å². The third-order valence-electron chi connectivity index (χ3n) is 2.72. The zero-order valence-corrected chi connectivity index (χ0v) is 13.2. The maximum absolute atomic E-state index is 12.8. The summed E-state index contributed by atoms with van der Waals surface area (Å²) in [5.74, 6) is -0.699. The first kappa shape index (κ1) is 17.9. The lowest BCUT2D eigenvalue weighted by Crippen LogP contribution is -2.10. The van der Waals surface area contributed by atoms with Crippen LogP contribution in [0.1, 0.15) is 18.1 Å². The van der Waals surface area contributed by atoms with E-state index in [4.69, 9.17) is 21.1 Å². The molecule has 0 amide bonds. The first-order chi connectivity index (χ1) is 11.2. The highest BCUT2D eigenvalue weighted by Gasteiger charge is 2.35. The molecule has 2 rings (SSSR count). The normalized spacial score (nSPS) is 11.2. The lowest BCUT2D eigenvalue weighted by molar-refractivity contribution is -0.137. The fraction of sp³-hybridized carbons (Fsp3) is 0.308. The summed E-state index contributed by atoms with van der Waals surface area (Å²) in [6.07, 6.45) is -4.72. The summed E-state index contributed by atoms with van der Waals surface area (Å²) in [6.45, 7) is 3.17. The zero-order chi connectivity index (χ0) is 17.9. The number of carbonyl (C=O) groups excluding carboxylic acids is 1. The van der Waals surface area contributed by atoms with Crippen molar-refractivity contribution < 1.29 is 32.2 Å². The molecule has 0 spiro atoms. The molecule has 0 unspecified atom stereocenters. The molecule has 0 aliphatic heterocycles. The van der Waals surface area contributed by atoms with Crippen molar-refractivity contribution in [2.24, 2.45) is 0 Å². The van der Waals surface area contributed by atoms with E-state index >= 15 is 0 Å². The van der Waals surface area contributed by atoms with E-state index in [1.807, 2.05) is 0 Å². The van der Waals surface area contributed by atoms with E-state index in [1.165, 1.54) is 6.92 Å². The Bertz CT molecular complexity index is 749. The number of ether oxygens (including phenoxy) is 3. The van der Waals surface area contributed by atoms with Gasteiger partial charge in [0.05, 0.1) is 17.7 Å². The number of carbonyl (C=O) groups is 1. The summed E-state index contributed by atoms with van der Waals surface area (Å²) in [7, 11) is 0. The molecule has 0 fully saturated rings. The van der Waals surface area contributed by atoms with Crippen LogP contribution in [0.15, 0.2) is 12.3 Å². The molecule has 24 heavy (non-hydrogen) atoms. The van der Waals surface area contributed by atoms with Gasteiger partial charge < -0.3 is 14.2 Å². The minimum Gasteiger partial charge on any atom is -0.434 e.